The third-order valence-corrected chi connectivity index (χ3v) is 6.47. The van der Waals surface area contributed by atoms with Gasteiger partial charge in [-0.2, -0.15) is 0 Å². The van der Waals surface area contributed by atoms with Crippen molar-refractivity contribution >= 4 is 40.0 Å². The topological polar surface area (TPSA) is 94.7 Å². The highest BCUT2D eigenvalue weighted by Gasteiger charge is 2.23. The van der Waals surface area contributed by atoms with Crippen molar-refractivity contribution < 1.29 is 14.6 Å². The quantitative estimate of drug-likeness (QED) is 0.472. The van der Waals surface area contributed by atoms with Crippen LogP contribution in [-0.4, -0.2) is 59.3 Å². The predicted molar refractivity (Wildman–Crippen MR) is 129 cm³/mol. The SMILES string of the molecule is O=C(NCC(O)CN1CCC(Oc2ccc(Cl)c(Cl)c2)CC1)c1c[nH]c2ccccc2c1=O. The van der Waals surface area contributed by atoms with Gasteiger partial charge in [0.05, 0.1) is 16.1 Å². The molecule has 1 saturated heterocycles. The zero-order chi connectivity index (χ0) is 23.4. The van der Waals surface area contributed by atoms with Crippen LogP contribution in [0.15, 0.2) is 53.5 Å². The minimum atomic E-state index is -0.749. The maximum atomic E-state index is 12.6. The first-order valence-electron chi connectivity index (χ1n) is 10.8. The van der Waals surface area contributed by atoms with Gasteiger partial charge in [0.1, 0.15) is 17.4 Å². The number of nitrogens with zero attached hydrogens (tertiary/aromatic N) is 1. The Kier molecular flexibility index (Phi) is 7.55. The lowest BCUT2D eigenvalue weighted by Crippen LogP contribution is -2.45. The van der Waals surface area contributed by atoms with E-state index in [9.17, 15) is 14.7 Å². The molecule has 1 amide bonds. The van der Waals surface area contributed by atoms with Crippen LogP contribution in [0.3, 0.4) is 0 Å². The Morgan fingerprint density at radius 2 is 1.94 bits per heavy atom. The molecule has 0 saturated carbocycles. The van der Waals surface area contributed by atoms with Gasteiger partial charge < -0.3 is 25.0 Å². The number of benzene rings is 2. The fourth-order valence-corrected chi connectivity index (χ4v) is 4.24. The molecule has 0 bridgehead atoms. The molecule has 7 nitrogen and oxygen atoms in total. The minimum absolute atomic E-state index is 0.0289. The van der Waals surface area contributed by atoms with E-state index in [2.05, 4.69) is 15.2 Å². The van der Waals surface area contributed by atoms with Gasteiger partial charge in [0.25, 0.3) is 5.91 Å². The molecule has 0 spiro atoms. The molecule has 9 heteroatoms. The number of hydrogen-bond acceptors (Lipinski definition) is 5. The van der Waals surface area contributed by atoms with E-state index < -0.39 is 12.0 Å². The molecule has 1 unspecified atom stereocenters. The molecule has 0 aliphatic carbocycles. The molecule has 3 N–H and O–H groups in total. The van der Waals surface area contributed by atoms with Crippen molar-refractivity contribution in [1.82, 2.24) is 15.2 Å². The largest absolute Gasteiger partial charge is 0.490 e. The second kappa shape index (κ2) is 10.6. The average molecular weight is 490 g/mol. The Morgan fingerprint density at radius 3 is 2.70 bits per heavy atom. The molecule has 3 aromatic rings. The molecule has 2 heterocycles. The molecular formula is C24H25Cl2N3O4. The number of aromatic amines is 1. The second-order valence-corrected chi connectivity index (χ2v) is 8.95. The van der Waals surface area contributed by atoms with E-state index in [1.807, 2.05) is 6.07 Å². The number of β-amino-alcohol motifs (C(OH)–C–C–N with tert-alkyl or cyclic N) is 1. The van der Waals surface area contributed by atoms with Crippen LogP contribution < -0.4 is 15.5 Å². The van der Waals surface area contributed by atoms with Crippen molar-refractivity contribution in [2.75, 3.05) is 26.2 Å². The smallest absolute Gasteiger partial charge is 0.256 e. The number of hydrogen-bond donors (Lipinski definition) is 3. The summed E-state index contributed by atoms with van der Waals surface area (Å²) in [6, 6.07) is 12.2. The van der Waals surface area contributed by atoms with Crippen molar-refractivity contribution in [2.45, 2.75) is 25.0 Å². The second-order valence-electron chi connectivity index (χ2n) is 8.13. The highest BCUT2D eigenvalue weighted by Crippen LogP contribution is 2.28. The van der Waals surface area contributed by atoms with Crippen molar-refractivity contribution in [3.63, 3.8) is 0 Å². The molecule has 1 aromatic heterocycles. The lowest BCUT2D eigenvalue weighted by Gasteiger charge is -2.33. The van der Waals surface area contributed by atoms with Crippen LogP contribution in [0.5, 0.6) is 5.75 Å². The number of rotatable bonds is 7. The summed E-state index contributed by atoms with van der Waals surface area (Å²) in [5.41, 5.74) is 0.368. The standard InChI is InChI=1S/C24H25Cl2N3O4/c25-20-6-5-17(11-21(20)26)33-16-7-9-29(10-8-16)14-15(30)12-28-24(32)19-13-27-22-4-2-1-3-18(22)23(19)31/h1-6,11,13,15-16,30H,7-10,12,14H2,(H,27,31)(H,28,32). The van der Waals surface area contributed by atoms with Crippen LogP contribution >= 0.6 is 23.2 Å². The lowest BCUT2D eigenvalue weighted by molar-refractivity contribution is 0.0594. The number of halogens is 2. The van der Waals surface area contributed by atoms with E-state index >= 15 is 0 Å². The van der Waals surface area contributed by atoms with Crippen molar-refractivity contribution in [3.05, 3.63) is 74.5 Å². The maximum Gasteiger partial charge on any atom is 0.256 e. The highest BCUT2D eigenvalue weighted by molar-refractivity contribution is 6.42. The van der Waals surface area contributed by atoms with Gasteiger partial charge in [0.15, 0.2) is 0 Å². The monoisotopic (exact) mass is 489 g/mol. The Bertz CT molecular complexity index is 1190. The van der Waals surface area contributed by atoms with Crippen LogP contribution in [0, 0.1) is 0 Å². The third kappa shape index (κ3) is 5.86. The normalized spacial score (nSPS) is 16.0. The van der Waals surface area contributed by atoms with Gasteiger partial charge in [-0.05, 0) is 37.1 Å². The fraction of sp³-hybridized carbons (Fsp3) is 0.333. The summed E-state index contributed by atoms with van der Waals surface area (Å²) in [5.74, 6) is 0.184. The van der Waals surface area contributed by atoms with E-state index in [-0.39, 0.29) is 23.6 Å². The molecule has 0 radical (unpaired) electrons. The molecule has 1 aliphatic rings. The zero-order valence-corrected chi connectivity index (χ0v) is 19.4. The van der Waals surface area contributed by atoms with Crippen LogP contribution in [0.1, 0.15) is 23.2 Å². The van der Waals surface area contributed by atoms with Gasteiger partial charge in [-0.3, -0.25) is 9.59 Å². The fourth-order valence-electron chi connectivity index (χ4n) is 3.96. The summed E-state index contributed by atoms with van der Waals surface area (Å²) in [6.07, 6.45) is 2.35. The van der Waals surface area contributed by atoms with E-state index in [0.717, 1.165) is 25.9 Å². The average Bonchev–Trinajstić information content (AvgIpc) is 2.81. The molecule has 2 aromatic carbocycles. The van der Waals surface area contributed by atoms with Gasteiger partial charge in [-0.15, -0.1) is 0 Å². The summed E-state index contributed by atoms with van der Waals surface area (Å²) in [7, 11) is 0. The van der Waals surface area contributed by atoms with E-state index in [1.54, 1.807) is 36.4 Å². The summed E-state index contributed by atoms with van der Waals surface area (Å²) in [4.78, 5) is 30.1. The summed E-state index contributed by atoms with van der Waals surface area (Å²) in [5, 5.41) is 14.5. The number of aliphatic hydroxyl groups is 1. The number of fused-ring (bicyclic) bond motifs is 1. The third-order valence-electron chi connectivity index (χ3n) is 5.73. The van der Waals surface area contributed by atoms with E-state index in [4.69, 9.17) is 27.9 Å². The highest BCUT2D eigenvalue weighted by atomic mass is 35.5. The molecule has 1 fully saturated rings. The maximum absolute atomic E-state index is 12.6. The molecule has 1 atom stereocenters. The Hall–Kier alpha value is -2.58. The van der Waals surface area contributed by atoms with Gasteiger partial charge in [-0.25, -0.2) is 0 Å². The minimum Gasteiger partial charge on any atom is -0.490 e. The van der Waals surface area contributed by atoms with Crippen LogP contribution in [0.25, 0.3) is 10.9 Å². The number of para-hydroxylation sites is 1. The number of ether oxygens (including phenoxy) is 1. The Labute approximate surface area is 201 Å². The van der Waals surface area contributed by atoms with Crippen molar-refractivity contribution in [3.8, 4) is 5.75 Å². The molecule has 4 rings (SSSR count). The number of piperidine rings is 1. The molecule has 174 valence electrons. The zero-order valence-electron chi connectivity index (χ0n) is 17.9. The number of carbonyl (C=O) groups excluding carboxylic acids is 1. The summed E-state index contributed by atoms with van der Waals surface area (Å²) >= 11 is 12.0. The lowest BCUT2D eigenvalue weighted by atomic mass is 10.1. The van der Waals surface area contributed by atoms with Crippen LogP contribution in [0.4, 0.5) is 0 Å². The number of carbonyl (C=O) groups is 1. The van der Waals surface area contributed by atoms with Gasteiger partial charge >= 0.3 is 0 Å². The van der Waals surface area contributed by atoms with Gasteiger partial charge in [-0.1, -0.05) is 35.3 Å². The number of H-pyrrole nitrogens is 1. The predicted octanol–water partition coefficient (Wildman–Crippen LogP) is 3.47. The van der Waals surface area contributed by atoms with Crippen LogP contribution in [-0.2, 0) is 0 Å². The first-order valence-corrected chi connectivity index (χ1v) is 11.6. The summed E-state index contributed by atoms with van der Waals surface area (Å²) < 4.78 is 5.99. The Morgan fingerprint density at radius 1 is 1.18 bits per heavy atom. The molecule has 33 heavy (non-hydrogen) atoms. The first-order chi connectivity index (χ1) is 15.9. The van der Waals surface area contributed by atoms with Crippen molar-refractivity contribution in [2.24, 2.45) is 0 Å². The number of amides is 1. The molecular weight excluding hydrogens is 465 g/mol. The van der Waals surface area contributed by atoms with E-state index in [0.29, 0.717) is 33.2 Å². The number of likely N-dealkylation sites (tertiary alicyclic amines) is 1. The number of aliphatic hydroxyl groups excluding tert-OH is 1. The summed E-state index contributed by atoms with van der Waals surface area (Å²) in [6.45, 7) is 2.02. The number of aromatic nitrogens is 1. The number of pyridine rings is 1. The molecule has 1 aliphatic heterocycles. The van der Waals surface area contributed by atoms with Gasteiger partial charge in [0, 0.05) is 49.3 Å². The van der Waals surface area contributed by atoms with E-state index in [1.165, 1.54) is 6.20 Å². The van der Waals surface area contributed by atoms with Gasteiger partial charge in [0.2, 0.25) is 5.43 Å². The first kappa shape index (κ1) is 23.6. The van der Waals surface area contributed by atoms with Crippen molar-refractivity contribution in [1.29, 1.82) is 0 Å². The number of nitrogens with one attached hydrogen (secondary N) is 2. The Balaban J connectivity index is 1.23. The van der Waals surface area contributed by atoms with Crippen LogP contribution in [0.2, 0.25) is 10.0 Å².